The first-order valence-corrected chi connectivity index (χ1v) is 9.17. The van der Waals surface area contributed by atoms with Gasteiger partial charge in [0, 0.05) is 24.7 Å². The molecule has 22 heavy (non-hydrogen) atoms. The molecule has 6 heteroatoms. The minimum absolute atomic E-state index is 0.0140. The molecule has 0 atom stereocenters. The maximum atomic E-state index is 12.7. The summed E-state index contributed by atoms with van der Waals surface area (Å²) in [5.74, 6) is 0.0719. The van der Waals surface area contributed by atoms with Crippen LogP contribution in [0.3, 0.4) is 0 Å². The van der Waals surface area contributed by atoms with E-state index in [1.807, 2.05) is 27.7 Å². The number of rotatable bonds is 6. The number of carbonyl (C=O) groups excluding carboxylic acids is 1. The fourth-order valence-corrected chi connectivity index (χ4v) is 3.97. The van der Waals surface area contributed by atoms with Crippen LogP contribution < -0.4 is 5.32 Å². The lowest BCUT2D eigenvalue weighted by Gasteiger charge is -2.20. The number of carbonyl (C=O) groups is 1. The zero-order valence-corrected chi connectivity index (χ0v) is 14.5. The van der Waals surface area contributed by atoms with Crippen molar-refractivity contribution in [3.05, 3.63) is 23.3 Å². The molecule has 1 N–H and O–H groups in total. The van der Waals surface area contributed by atoms with E-state index in [2.05, 4.69) is 5.32 Å². The first-order valence-electron chi connectivity index (χ1n) is 7.73. The first kappa shape index (κ1) is 17.0. The molecule has 1 saturated carbocycles. The van der Waals surface area contributed by atoms with Crippen LogP contribution in [0.4, 0.5) is 5.69 Å². The SMILES string of the molecule is CCN(CC)S(=O)(=O)c1cc(C)c(C)c(NC(=O)C2CC2)c1. The first-order chi connectivity index (χ1) is 10.3. The molecular weight excluding hydrogens is 300 g/mol. The van der Waals surface area contributed by atoms with Gasteiger partial charge in [-0.05, 0) is 49.9 Å². The normalized spacial score (nSPS) is 15.1. The van der Waals surface area contributed by atoms with Gasteiger partial charge in [0.2, 0.25) is 15.9 Å². The van der Waals surface area contributed by atoms with Gasteiger partial charge in [0.25, 0.3) is 0 Å². The van der Waals surface area contributed by atoms with Crippen LogP contribution in [-0.2, 0) is 14.8 Å². The second-order valence-electron chi connectivity index (χ2n) is 5.77. The molecule has 0 radical (unpaired) electrons. The summed E-state index contributed by atoms with van der Waals surface area (Å²) in [4.78, 5) is 12.2. The molecule has 1 aliphatic rings. The van der Waals surface area contributed by atoms with Gasteiger partial charge in [-0.2, -0.15) is 4.31 Å². The summed E-state index contributed by atoms with van der Waals surface area (Å²) in [6.45, 7) is 8.25. The van der Waals surface area contributed by atoms with E-state index in [4.69, 9.17) is 0 Å². The quantitative estimate of drug-likeness (QED) is 0.875. The van der Waals surface area contributed by atoms with E-state index < -0.39 is 10.0 Å². The van der Waals surface area contributed by atoms with Crippen molar-refractivity contribution in [1.29, 1.82) is 0 Å². The summed E-state index contributed by atoms with van der Waals surface area (Å²) in [7, 11) is -3.52. The molecule has 5 nitrogen and oxygen atoms in total. The third-order valence-electron chi connectivity index (χ3n) is 4.19. The lowest BCUT2D eigenvalue weighted by molar-refractivity contribution is -0.117. The number of aryl methyl sites for hydroxylation is 1. The van der Waals surface area contributed by atoms with Gasteiger partial charge in [0.05, 0.1) is 4.90 Å². The van der Waals surface area contributed by atoms with Crippen LogP contribution in [0.2, 0.25) is 0 Å². The molecule has 0 saturated heterocycles. The summed E-state index contributed by atoms with van der Waals surface area (Å²) in [6, 6.07) is 3.26. The van der Waals surface area contributed by atoms with Crippen molar-refractivity contribution in [3.8, 4) is 0 Å². The Morgan fingerprint density at radius 2 is 1.82 bits per heavy atom. The van der Waals surface area contributed by atoms with Gasteiger partial charge < -0.3 is 5.32 Å². The van der Waals surface area contributed by atoms with E-state index in [9.17, 15) is 13.2 Å². The second kappa shape index (κ2) is 6.38. The van der Waals surface area contributed by atoms with Gasteiger partial charge in [-0.1, -0.05) is 13.8 Å². The van der Waals surface area contributed by atoms with E-state index in [1.54, 1.807) is 12.1 Å². The molecule has 122 valence electrons. The van der Waals surface area contributed by atoms with E-state index in [0.29, 0.717) is 18.8 Å². The number of hydrogen-bond acceptors (Lipinski definition) is 3. The Hall–Kier alpha value is -1.40. The van der Waals surface area contributed by atoms with E-state index in [1.165, 1.54) is 4.31 Å². The van der Waals surface area contributed by atoms with E-state index in [0.717, 1.165) is 24.0 Å². The van der Waals surface area contributed by atoms with Crippen LogP contribution in [0.5, 0.6) is 0 Å². The van der Waals surface area contributed by atoms with Crippen molar-refractivity contribution in [2.24, 2.45) is 5.92 Å². The highest BCUT2D eigenvalue weighted by atomic mass is 32.2. The van der Waals surface area contributed by atoms with Gasteiger partial charge in [0.15, 0.2) is 0 Å². The maximum Gasteiger partial charge on any atom is 0.243 e. The van der Waals surface area contributed by atoms with Gasteiger partial charge in [0.1, 0.15) is 0 Å². The molecule has 0 heterocycles. The van der Waals surface area contributed by atoms with Crippen molar-refractivity contribution in [3.63, 3.8) is 0 Å². The van der Waals surface area contributed by atoms with Crippen molar-refractivity contribution >= 4 is 21.6 Å². The Bertz CT molecular complexity index is 675. The zero-order chi connectivity index (χ0) is 16.5. The molecule has 0 unspecified atom stereocenters. The molecule has 1 amide bonds. The lowest BCUT2D eigenvalue weighted by Crippen LogP contribution is -2.30. The predicted molar refractivity (Wildman–Crippen MR) is 87.4 cm³/mol. The van der Waals surface area contributed by atoms with Crippen LogP contribution in [0.1, 0.15) is 37.8 Å². The average molecular weight is 324 g/mol. The topological polar surface area (TPSA) is 66.5 Å². The van der Waals surface area contributed by atoms with E-state index in [-0.39, 0.29) is 16.7 Å². The number of sulfonamides is 1. The summed E-state index contributed by atoms with van der Waals surface area (Å²) in [6.07, 6.45) is 1.84. The monoisotopic (exact) mass is 324 g/mol. The second-order valence-corrected chi connectivity index (χ2v) is 7.70. The standard InChI is InChI=1S/C16H24N2O3S/c1-5-18(6-2)22(20,21)14-9-11(3)12(4)15(10-14)17-16(19)13-7-8-13/h9-10,13H,5-8H2,1-4H3,(H,17,19). The van der Waals surface area contributed by atoms with Gasteiger partial charge in [-0.3, -0.25) is 4.79 Å². The number of hydrogen-bond donors (Lipinski definition) is 1. The number of nitrogens with zero attached hydrogens (tertiary/aromatic N) is 1. The number of nitrogens with one attached hydrogen (secondary N) is 1. The number of benzene rings is 1. The highest BCUT2D eigenvalue weighted by molar-refractivity contribution is 7.89. The highest BCUT2D eigenvalue weighted by Gasteiger charge is 2.30. The van der Waals surface area contributed by atoms with Crippen molar-refractivity contribution in [1.82, 2.24) is 4.31 Å². The number of anilines is 1. The van der Waals surface area contributed by atoms with Crippen LogP contribution in [0.25, 0.3) is 0 Å². The van der Waals surface area contributed by atoms with Gasteiger partial charge in [-0.15, -0.1) is 0 Å². The molecule has 1 fully saturated rings. The van der Waals surface area contributed by atoms with Crippen LogP contribution in [-0.4, -0.2) is 31.7 Å². The largest absolute Gasteiger partial charge is 0.326 e. The van der Waals surface area contributed by atoms with Crippen molar-refractivity contribution < 1.29 is 13.2 Å². The minimum atomic E-state index is -3.52. The molecular formula is C16H24N2O3S. The zero-order valence-electron chi connectivity index (χ0n) is 13.6. The van der Waals surface area contributed by atoms with Crippen molar-refractivity contribution in [2.75, 3.05) is 18.4 Å². The van der Waals surface area contributed by atoms with Crippen LogP contribution >= 0.6 is 0 Å². The average Bonchev–Trinajstić information content (AvgIpc) is 3.29. The molecule has 0 aromatic heterocycles. The molecule has 0 bridgehead atoms. The van der Waals surface area contributed by atoms with Crippen LogP contribution in [0, 0.1) is 19.8 Å². The Labute approximate surface area is 132 Å². The third-order valence-corrected chi connectivity index (χ3v) is 6.22. The smallest absolute Gasteiger partial charge is 0.243 e. The number of amides is 1. The van der Waals surface area contributed by atoms with Crippen LogP contribution in [0.15, 0.2) is 17.0 Å². The lowest BCUT2D eigenvalue weighted by atomic mass is 10.1. The van der Waals surface area contributed by atoms with Gasteiger partial charge in [-0.25, -0.2) is 8.42 Å². The predicted octanol–water partition coefficient (Wildman–Crippen LogP) is 2.68. The van der Waals surface area contributed by atoms with E-state index >= 15 is 0 Å². The fraction of sp³-hybridized carbons (Fsp3) is 0.562. The summed E-state index contributed by atoms with van der Waals surface area (Å²) in [5.41, 5.74) is 2.37. The minimum Gasteiger partial charge on any atom is -0.326 e. The summed E-state index contributed by atoms with van der Waals surface area (Å²) >= 11 is 0. The maximum absolute atomic E-state index is 12.7. The highest BCUT2D eigenvalue weighted by Crippen LogP contribution is 2.32. The molecule has 2 rings (SSSR count). The molecule has 0 spiro atoms. The van der Waals surface area contributed by atoms with Crippen molar-refractivity contribution in [2.45, 2.75) is 45.4 Å². The molecule has 1 aliphatic carbocycles. The molecule has 0 aliphatic heterocycles. The summed E-state index contributed by atoms with van der Waals surface area (Å²) in [5, 5.41) is 2.88. The third kappa shape index (κ3) is 3.33. The van der Waals surface area contributed by atoms with Gasteiger partial charge >= 0.3 is 0 Å². The Kier molecular flexibility index (Phi) is 4.92. The Morgan fingerprint density at radius 1 is 1.23 bits per heavy atom. The molecule has 1 aromatic rings. The Morgan fingerprint density at radius 3 is 2.32 bits per heavy atom. The fourth-order valence-electron chi connectivity index (χ4n) is 2.40. The Balaban J connectivity index is 2.40. The summed E-state index contributed by atoms with van der Waals surface area (Å²) < 4.78 is 26.7. The molecule has 1 aromatic carbocycles.